The first kappa shape index (κ1) is 25.8. The Bertz CT molecular complexity index is 1150. The van der Waals surface area contributed by atoms with E-state index in [-0.39, 0.29) is 29.5 Å². The molecule has 3 rings (SSSR count). The third-order valence-corrected chi connectivity index (χ3v) is 5.08. The zero-order valence-corrected chi connectivity index (χ0v) is 19.0. The van der Waals surface area contributed by atoms with Gasteiger partial charge in [0.2, 0.25) is 5.91 Å². The molecule has 0 aliphatic carbocycles. The summed E-state index contributed by atoms with van der Waals surface area (Å²) >= 11 is 5.84. The summed E-state index contributed by atoms with van der Waals surface area (Å²) in [7, 11) is 0. The fraction of sp³-hybridized carbons (Fsp3) is 0.160. The largest absolute Gasteiger partial charge is 0.456 e. The molecule has 10 heteroatoms. The lowest BCUT2D eigenvalue weighted by atomic mass is 10.2. The van der Waals surface area contributed by atoms with Crippen LogP contribution in [-0.4, -0.2) is 24.4 Å². The highest BCUT2D eigenvalue weighted by Gasteiger charge is 2.31. The maximum atomic E-state index is 12.9. The predicted molar refractivity (Wildman–Crippen MR) is 125 cm³/mol. The molecular weight excluding hydrogens is 485 g/mol. The lowest BCUT2D eigenvalue weighted by Gasteiger charge is -2.23. The van der Waals surface area contributed by atoms with Crippen LogP contribution in [0.15, 0.2) is 78.9 Å². The number of halogens is 4. The summed E-state index contributed by atoms with van der Waals surface area (Å²) in [6.07, 6.45) is -5.10. The first-order valence-electron chi connectivity index (χ1n) is 10.4. The summed E-state index contributed by atoms with van der Waals surface area (Å²) < 4.78 is 43.4. The van der Waals surface area contributed by atoms with Crippen molar-refractivity contribution in [1.29, 1.82) is 0 Å². The summed E-state index contributed by atoms with van der Waals surface area (Å²) in [5.41, 5.74) is -0.0167. The number of anilines is 3. The molecule has 0 saturated carbocycles. The van der Waals surface area contributed by atoms with Crippen LogP contribution in [0.25, 0.3) is 0 Å². The van der Waals surface area contributed by atoms with Gasteiger partial charge >= 0.3 is 12.1 Å². The van der Waals surface area contributed by atoms with Gasteiger partial charge in [0.15, 0.2) is 6.61 Å². The Morgan fingerprint density at radius 1 is 0.857 bits per heavy atom. The predicted octanol–water partition coefficient (Wildman–Crippen LogP) is 5.99. The van der Waals surface area contributed by atoms with Gasteiger partial charge < -0.3 is 10.1 Å². The van der Waals surface area contributed by atoms with Crippen molar-refractivity contribution in [1.82, 2.24) is 0 Å². The first-order chi connectivity index (χ1) is 16.6. The summed E-state index contributed by atoms with van der Waals surface area (Å²) in [5, 5.41) is 2.07. The molecule has 0 saturated heterocycles. The molecule has 0 aromatic heterocycles. The molecule has 0 aliphatic rings. The number of hydrogen-bond acceptors (Lipinski definition) is 4. The fourth-order valence-electron chi connectivity index (χ4n) is 3.11. The molecule has 0 unspecified atom stereocenters. The fourth-order valence-corrected chi connectivity index (χ4v) is 3.28. The van der Waals surface area contributed by atoms with Crippen molar-refractivity contribution < 1.29 is 32.3 Å². The highest BCUT2D eigenvalue weighted by molar-refractivity contribution is 6.33. The number of amides is 2. The van der Waals surface area contributed by atoms with Gasteiger partial charge in [-0.05, 0) is 42.5 Å². The van der Waals surface area contributed by atoms with Gasteiger partial charge in [-0.15, -0.1) is 0 Å². The maximum absolute atomic E-state index is 12.9. The van der Waals surface area contributed by atoms with Crippen molar-refractivity contribution in [2.45, 2.75) is 19.0 Å². The van der Waals surface area contributed by atoms with Gasteiger partial charge in [-0.25, -0.2) is 0 Å². The van der Waals surface area contributed by atoms with Gasteiger partial charge in [0, 0.05) is 17.8 Å². The molecule has 35 heavy (non-hydrogen) atoms. The molecule has 0 atom stereocenters. The molecule has 3 aromatic carbocycles. The topological polar surface area (TPSA) is 75.7 Å². The van der Waals surface area contributed by atoms with Gasteiger partial charge in [-0.2, -0.15) is 13.2 Å². The van der Waals surface area contributed by atoms with Crippen molar-refractivity contribution in [3.8, 4) is 0 Å². The van der Waals surface area contributed by atoms with Crippen LogP contribution in [0.5, 0.6) is 0 Å². The average Bonchev–Trinajstić information content (AvgIpc) is 2.83. The highest BCUT2D eigenvalue weighted by Crippen LogP contribution is 2.33. The molecule has 182 valence electrons. The summed E-state index contributed by atoms with van der Waals surface area (Å²) in [4.78, 5) is 38.5. The maximum Gasteiger partial charge on any atom is 0.416 e. The minimum absolute atomic E-state index is 0.106. The summed E-state index contributed by atoms with van der Waals surface area (Å²) in [5.74, 6) is -2.05. The Labute approximate surface area is 204 Å². The monoisotopic (exact) mass is 504 g/mol. The number of carbonyl (C=O) groups is 3. The third-order valence-electron chi connectivity index (χ3n) is 4.75. The number of esters is 1. The molecule has 6 nitrogen and oxygen atoms in total. The van der Waals surface area contributed by atoms with E-state index in [1.54, 1.807) is 48.5 Å². The third kappa shape index (κ3) is 7.31. The minimum Gasteiger partial charge on any atom is -0.456 e. The Kier molecular flexibility index (Phi) is 8.48. The van der Waals surface area contributed by atoms with Crippen LogP contribution >= 0.6 is 11.6 Å². The molecule has 0 spiro atoms. The van der Waals surface area contributed by atoms with Crippen molar-refractivity contribution in [2.75, 3.05) is 16.8 Å². The van der Waals surface area contributed by atoms with Crippen molar-refractivity contribution in [2.24, 2.45) is 0 Å². The van der Waals surface area contributed by atoms with Crippen LogP contribution < -0.4 is 10.2 Å². The molecule has 2 amide bonds. The smallest absolute Gasteiger partial charge is 0.416 e. The molecule has 0 radical (unpaired) electrons. The second-order valence-electron chi connectivity index (χ2n) is 7.30. The number of rotatable bonds is 8. The molecule has 0 bridgehead atoms. The van der Waals surface area contributed by atoms with Crippen LogP contribution in [0.2, 0.25) is 5.02 Å². The van der Waals surface area contributed by atoms with E-state index >= 15 is 0 Å². The van der Waals surface area contributed by atoms with E-state index in [9.17, 15) is 27.6 Å². The Morgan fingerprint density at radius 2 is 1.43 bits per heavy atom. The highest BCUT2D eigenvalue weighted by atomic mass is 35.5. The Hall–Kier alpha value is -3.85. The Balaban J connectivity index is 1.55. The standard InChI is InChI=1S/C25H20ClF3N2O4/c26-20-12-11-17(25(27,28)29)15-21(20)30-22(32)16-35-24(34)14-13-23(33)31(18-7-3-1-4-8-18)19-9-5-2-6-10-19/h1-12,15H,13-14,16H2,(H,30,32). The van der Waals surface area contributed by atoms with E-state index in [4.69, 9.17) is 16.3 Å². The van der Waals surface area contributed by atoms with Crippen LogP contribution in [0.4, 0.5) is 30.2 Å². The Morgan fingerprint density at radius 3 is 1.97 bits per heavy atom. The van der Waals surface area contributed by atoms with E-state index in [0.29, 0.717) is 17.4 Å². The van der Waals surface area contributed by atoms with Gasteiger partial charge in [-0.1, -0.05) is 48.0 Å². The number of nitrogens with one attached hydrogen (secondary N) is 1. The van der Waals surface area contributed by atoms with E-state index in [0.717, 1.165) is 12.1 Å². The SMILES string of the molecule is O=C(COC(=O)CCC(=O)N(c1ccccc1)c1ccccc1)Nc1cc(C(F)(F)F)ccc1Cl. The number of para-hydroxylation sites is 2. The van der Waals surface area contributed by atoms with E-state index in [1.165, 1.54) is 4.90 Å². The minimum atomic E-state index is -4.61. The van der Waals surface area contributed by atoms with Crippen molar-refractivity contribution in [3.63, 3.8) is 0 Å². The average molecular weight is 505 g/mol. The second-order valence-corrected chi connectivity index (χ2v) is 7.71. The van der Waals surface area contributed by atoms with Gasteiger partial charge in [0.1, 0.15) is 0 Å². The van der Waals surface area contributed by atoms with Crippen LogP contribution in [0, 0.1) is 0 Å². The normalized spacial score (nSPS) is 11.0. The number of ether oxygens (including phenoxy) is 1. The zero-order valence-electron chi connectivity index (χ0n) is 18.2. The number of benzene rings is 3. The lowest BCUT2D eigenvalue weighted by molar-refractivity contribution is -0.148. The summed E-state index contributed by atoms with van der Waals surface area (Å²) in [6.45, 7) is -0.749. The number of carbonyl (C=O) groups excluding carboxylic acids is 3. The van der Waals surface area contributed by atoms with E-state index in [1.807, 2.05) is 12.1 Å². The molecule has 1 N–H and O–H groups in total. The number of alkyl halides is 3. The molecule has 0 heterocycles. The second kappa shape index (κ2) is 11.5. The van der Waals surface area contributed by atoms with Gasteiger partial charge in [-0.3, -0.25) is 19.3 Å². The first-order valence-corrected chi connectivity index (χ1v) is 10.8. The zero-order chi connectivity index (χ0) is 25.4. The van der Waals surface area contributed by atoms with Gasteiger partial charge in [0.25, 0.3) is 5.91 Å². The molecular formula is C25H20ClF3N2O4. The molecule has 0 fully saturated rings. The molecule has 3 aromatic rings. The molecule has 0 aliphatic heterocycles. The number of hydrogen-bond donors (Lipinski definition) is 1. The number of nitrogens with zero attached hydrogens (tertiary/aromatic N) is 1. The van der Waals surface area contributed by atoms with Crippen LogP contribution in [0.1, 0.15) is 18.4 Å². The summed E-state index contributed by atoms with van der Waals surface area (Å²) in [6, 6.07) is 20.2. The van der Waals surface area contributed by atoms with Crippen molar-refractivity contribution >= 4 is 46.4 Å². The van der Waals surface area contributed by atoms with E-state index in [2.05, 4.69) is 5.32 Å². The quantitative estimate of drug-likeness (QED) is 0.383. The van der Waals surface area contributed by atoms with Crippen molar-refractivity contribution in [3.05, 3.63) is 89.4 Å². The van der Waals surface area contributed by atoms with Gasteiger partial charge in [0.05, 0.1) is 22.7 Å². The lowest BCUT2D eigenvalue weighted by Crippen LogP contribution is -2.27. The van der Waals surface area contributed by atoms with Crippen LogP contribution in [0.3, 0.4) is 0 Å². The van der Waals surface area contributed by atoms with E-state index < -0.39 is 30.2 Å². The van der Waals surface area contributed by atoms with Crippen LogP contribution in [-0.2, 0) is 25.3 Å².